The number of ether oxygens (including phenoxy) is 1. The molecule has 0 bridgehead atoms. The molecule has 1 fully saturated rings. The Morgan fingerprint density at radius 1 is 1.47 bits per heavy atom. The molecule has 4 nitrogen and oxygen atoms in total. The van der Waals surface area contributed by atoms with Gasteiger partial charge in [0.2, 0.25) is 5.91 Å². The summed E-state index contributed by atoms with van der Waals surface area (Å²) in [6.45, 7) is 1.56. The third kappa shape index (κ3) is 3.80. The molecule has 0 radical (unpaired) electrons. The molecule has 15 heavy (non-hydrogen) atoms. The molecule has 0 spiro atoms. The summed E-state index contributed by atoms with van der Waals surface area (Å²) in [5.74, 6) is 0.133. The Morgan fingerprint density at radius 2 is 2.20 bits per heavy atom. The van der Waals surface area contributed by atoms with E-state index in [2.05, 4.69) is 10.6 Å². The van der Waals surface area contributed by atoms with Crippen LogP contribution in [0.15, 0.2) is 0 Å². The van der Waals surface area contributed by atoms with E-state index >= 15 is 0 Å². The van der Waals surface area contributed by atoms with Gasteiger partial charge in [0.25, 0.3) is 0 Å². The van der Waals surface area contributed by atoms with E-state index in [1.54, 1.807) is 7.11 Å². The minimum absolute atomic E-state index is 0.0569. The molecule has 1 amide bonds. The van der Waals surface area contributed by atoms with Crippen molar-refractivity contribution in [2.45, 2.75) is 37.7 Å². The molecule has 0 saturated heterocycles. The molecule has 0 aromatic rings. The van der Waals surface area contributed by atoms with E-state index < -0.39 is 0 Å². The quantitative estimate of drug-likeness (QED) is 0.612. The molecule has 0 heterocycles. The number of nitrogens with one attached hydrogen (secondary N) is 2. The fourth-order valence-electron chi connectivity index (χ4n) is 1.80. The largest absolute Gasteiger partial charge is 0.376 e. The summed E-state index contributed by atoms with van der Waals surface area (Å²) >= 11 is 0. The number of rotatable bonds is 7. The summed E-state index contributed by atoms with van der Waals surface area (Å²) < 4.78 is 5.42. The molecule has 88 valence electrons. The zero-order valence-electron chi connectivity index (χ0n) is 9.77. The van der Waals surface area contributed by atoms with Gasteiger partial charge in [-0.2, -0.15) is 0 Å². The van der Waals surface area contributed by atoms with Gasteiger partial charge in [-0.05, 0) is 39.3 Å². The van der Waals surface area contributed by atoms with Gasteiger partial charge in [0.05, 0.1) is 5.60 Å². The van der Waals surface area contributed by atoms with Crippen LogP contribution >= 0.6 is 0 Å². The van der Waals surface area contributed by atoms with Crippen LogP contribution in [0.4, 0.5) is 0 Å². The predicted molar refractivity (Wildman–Crippen MR) is 59.8 cm³/mol. The third-order valence-electron chi connectivity index (χ3n) is 3.14. The molecule has 1 rings (SSSR count). The van der Waals surface area contributed by atoms with Crippen LogP contribution in [0.3, 0.4) is 0 Å². The molecule has 0 aliphatic heterocycles. The highest BCUT2D eigenvalue weighted by molar-refractivity contribution is 5.75. The maximum Gasteiger partial charge on any atom is 0.220 e. The van der Waals surface area contributed by atoms with Crippen molar-refractivity contribution in [3.8, 4) is 0 Å². The topological polar surface area (TPSA) is 50.4 Å². The Morgan fingerprint density at radius 3 is 2.67 bits per heavy atom. The molecule has 0 aromatic heterocycles. The van der Waals surface area contributed by atoms with E-state index in [-0.39, 0.29) is 11.5 Å². The van der Waals surface area contributed by atoms with Crippen LogP contribution in [0, 0.1) is 0 Å². The zero-order chi connectivity index (χ0) is 11.1. The highest BCUT2D eigenvalue weighted by Gasteiger charge is 2.36. The lowest BCUT2D eigenvalue weighted by Gasteiger charge is -2.40. The molecule has 0 atom stereocenters. The van der Waals surface area contributed by atoms with Crippen molar-refractivity contribution in [1.82, 2.24) is 10.6 Å². The van der Waals surface area contributed by atoms with Crippen LogP contribution in [-0.2, 0) is 9.53 Å². The molecule has 1 aliphatic carbocycles. The van der Waals surface area contributed by atoms with Crippen molar-refractivity contribution in [2.75, 3.05) is 27.2 Å². The number of hydrogen-bond acceptors (Lipinski definition) is 3. The number of amides is 1. The Kier molecular flexibility index (Phi) is 5.05. The highest BCUT2D eigenvalue weighted by atomic mass is 16.5. The Labute approximate surface area is 91.8 Å². The first kappa shape index (κ1) is 12.5. The van der Waals surface area contributed by atoms with Gasteiger partial charge in [0.1, 0.15) is 0 Å². The molecular weight excluding hydrogens is 192 g/mol. The van der Waals surface area contributed by atoms with Crippen molar-refractivity contribution in [3.05, 3.63) is 0 Å². The predicted octanol–water partition coefficient (Wildman–Crippen LogP) is 0.671. The second kappa shape index (κ2) is 6.08. The smallest absolute Gasteiger partial charge is 0.220 e. The van der Waals surface area contributed by atoms with E-state index in [9.17, 15) is 4.79 Å². The van der Waals surface area contributed by atoms with Crippen LogP contribution < -0.4 is 10.6 Å². The van der Waals surface area contributed by atoms with Gasteiger partial charge in [-0.3, -0.25) is 4.79 Å². The van der Waals surface area contributed by atoms with Crippen molar-refractivity contribution in [3.63, 3.8) is 0 Å². The first-order chi connectivity index (χ1) is 7.22. The first-order valence-electron chi connectivity index (χ1n) is 5.69. The van der Waals surface area contributed by atoms with Gasteiger partial charge in [-0.1, -0.05) is 0 Å². The second-order valence-corrected chi connectivity index (χ2v) is 4.22. The lowest BCUT2D eigenvalue weighted by Crippen LogP contribution is -2.49. The maximum absolute atomic E-state index is 11.4. The van der Waals surface area contributed by atoms with Crippen LogP contribution in [0.5, 0.6) is 0 Å². The van der Waals surface area contributed by atoms with E-state index in [0.29, 0.717) is 13.0 Å². The van der Waals surface area contributed by atoms with Crippen molar-refractivity contribution in [2.24, 2.45) is 0 Å². The normalized spacial score (nSPS) is 18.3. The van der Waals surface area contributed by atoms with Crippen LogP contribution in [0.1, 0.15) is 32.1 Å². The molecular formula is C11H22N2O2. The fraction of sp³-hybridized carbons (Fsp3) is 0.909. The van der Waals surface area contributed by atoms with Crippen molar-refractivity contribution < 1.29 is 9.53 Å². The lowest BCUT2D eigenvalue weighted by atomic mass is 9.80. The second-order valence-electron chi connectivity index (χ2n) is 4.22. The number of methoxy groups -OCH3 is 1. The Bertz CT molecular complexity index is 197. The minimum atomic E-state index is -0.0569. The molecule has 0 unspecified atom stereocenters. The first-order valence-corrected chi connectivity index (χ1v) is 5.69. The summed E-state index contributed by atoms with van der Waals surface area (Å²) in [6.07, 6.45) is 4.84. The lowest BCUT2D eigenvalue weighted by molar-refractivity contribution is -0.124. The standard InChI is InChI=1S/C11H22N2O2/c1-12-8-3-5-10(14)13-9-11(15-2)6-4-7-11/h12H,3-9H2,1-2H3,(H,13,14). The number of carbonyl (C=O) groups excluding carboxylic acids is 1. The molecule has 1 saturated carbocycles. The average molecular weight is 214 g/mol. The SMILES string of the molecule is CNCCCC(=O)NCC1(OC)CCC1. The van der Waals surface area contributed by atoms with E-state index in [1.165, 1.54) is 6.42 Å². The summed E-state index contributed by atoms with van der Waals surface area (Å²) in [5.41, 5.74) is -0.0569. The number of carbonyl (C=O) groups is 1. The molecule has 1 aliphatic rings. The zero-order valence-corrected chi connectivity index (χ0v) is 9.77. The van der Waals surface area contributed by atoms with Gasteiger partial charge in [-0.15, -0.1) is 0 Å². The highest BCUT2D eigenvalue weighted by Crippen LogP contribution is 2.34. The third-order valence-corrected chi connectivity index (χ3v) is 3.14. The molecule has 0 aromatic carbocycles. The van der Waals surface area contributed by atoms with Crippen molar-refractivity contribution in [1.29, 1.82) is 0 Å². The Balaban J connectivity index is 2.10. The monoisotopic (exact) mass is 214 g/mol. The van der Waals surface area contributed by atoms with Gasteiger partial charge >= 0.3 is 0 Å². The van der Waals surface area contributed by atoms with Crippen LogP contribution in [-0.4, -0.2) is 38.8 Å². The van der Waals surface area contributed by atoms with Gasteiger partial charge in [-0.25, -0.2) is 0 Å². The maximum atomic E-state index is 11.4. The van der Waals surface area contributed by atoms with E-state index in [0.717, 1.165) is 25.8 Å². The van der Waals surface area contributed by atoms with Crippen LogP contribution in [0.25, 0.3) is 0 Å². The van der Waals surface area contributed by atoms with Gasteiger partial charge < -0.3 is 15.4 Å². The number of hydrogen-bond donors (Lipinski definition) is 2. The summed E-state index contributed by atoms with van der Waals surface area (Å²) in [6, 6.07) is 0. The summed E-state index contributed by atoms with van der Waals surface area (Å²) in [5, 5.41) is 5.97. The summed E-state index contributed by atoms with van der Waals surface area (Å²) in [7, 11) is 3.62. The minimum Gasteiger partial charge on any atom is -0.376 e. The molecule has 2 N–H and O–H groups in total. The van der Waals surface area contributed by atoms with Gasteiger partial charge in [0.15, 0.2) is 0 Å². The summed E-state index contributed by atoms with van der Waals surface area (Å²) in [4.78, 5) is 11.4. The van der Waals surface area contributed by atoms with E-state index in [4.69, 9.17) is 4.74 Å². The Hall–Kier alpha value is -0.610. The van der Waals surface area contributed by atoms with E-state index in [1.807, 2.05) is 7.05 Å². The molecule has 4 heteroatoms. The van der Waals surface area contributed by atoms with Crippen LogP contribution in [0.2, 0.25) is 0 Å². The average Bonchev–Trinajstić information content (AvgIpc) is 2.17. The fourth-order valence-corrected chi connectivity index (χ4v) is 1.80. The van der Waals surface area contributed by atoms with Gasteiger partial charge in [0, 0.05) is 20.1 Å². The van der Waals surface area contributed by atoms with Crippen molar-refractivity contribution >= 4 is 5.91 Å².